The van der Waals surface area contributed by atoms with E-state index in [9.17, 15) is 19.1 Å². The van der Waals surface area contributed by atoms with Crippen LogP contribution in [0.1, 0.15) is 39.4 Å². The molecule has 0 aliphatic rings. The van der Waals surface area contributed by atoms with Crippen molar-refractivity contribution in [3.05, 3.63) is 78.1 Å². The van der Waals surface area contributed by atoms with Gasteiger partial charge < -0.3 is 14.6 Å². The Balaban J connectivity index is 2.28. The lowest BCUT2D eigenvalue weighted by molar-refractivity contribution is -0.158. The van der Waals surface area contributed by atoms with Crippen molar-refractivity contribution in [1.82, 2.24) is 0 Å². The van der Waals surface area contributed by atoms with Crippen molar-refractivity contribution in [1.29, 1.82) is 0 Å². The number of esters is 2. The lowest BCUT2D eigenvalue weighted by atomic mass is 9.93. The van der Waals surface area contributed by atoms with Crippen LogP contribution >= 0.6 is 0 Å². The third-order valence-corrected chi connectivity index (χ3v) is 4.24. The van der Waals surface area contributed by atoms with E-state index >= 15 is 0 Å². The first-order valence-corrected chi connectivity index (χ1v) is 9.26. The molecule has 2 aromatic rings. The topological polar surface area (TPSA) is 72.8 Å². The van der Waals surface area contributed by atoms with Crippen molar-refractivity contribution in [3.8, 4) is 16.9 Å². The van der Waals surface area contributed by atoms with Gasteiger partial charge in [0.25, 0.3) is 0 Å². The van der Waals surface area contributed by atoms with Crippen LogP contribution in [0.3, 0.4) is 0 Å². The summed E-state index contributed by atoms with van der Waals surface area (Å²) < 4.78 is 24.7. The summed E-state index contributed by atoms with van der Waals surface area (Å²) in [6, 6.07) is 11.1. The number of carbonyl (C=O) groups excluding carboxylic acids is 2. The fraction of sp³-hybridized carbons (Fsp3) is 0.250. The Hall–Kier alpha value is -3.25. The van der Waals surface area contributed by atoms with Gasteiger partial charge in [0.05, 0.1) is 0 Å². The van der Waals surface area contributed by atoms with E-state index in [0.29, 0.717) is 16.7 Å². The second kappa shape index (κ2) is 9.05. The normalized spacial score (nSPS) is 12.1. The van der Waals surface area contributed by atoms with Crippen molar-refractivity contribution >= 4 is 11.9 Å². The quantitative estimate of drug-likeness (QED) is 0.398. The Morgan fingerprint density at radius 1 is 0.967 bits per heavy atom. The SMILES string of the molecule is C=C(C)C(=O)Oc1ccc(-c2ccc(C(OC(=O)C(=C)C)C(C)(C)O)cc2)cc1F. The number of ether oxygens (including phenoxy) is 2. The van der Waals surface area contributed by atoms with Crippen LogP contribution < -0.4 is 4.74 Å². The molecule has 30 heavy (non-hydrogen) atoms. The van der Waals surface area contributed by atoms with Crippen LogP contribution in [0.2, 0.25) is 0 Å². The van der Waals surface area contributed by atoms with Gasteiger partial charge in [0, 0.05) is 11.1 Å². The summed E-state index contributed by atoms with van der Waals surface area (Å²) in [4.78, 5) is 23.5. The Morgan fingerprint density at radius 2 is 1.50 bits per heavy atom. The van der Waals surface area contributed by atoms with Crippen LogP contribution in [0.4, 0.5) is 4.39 Å². The molecular weight excluding hydrogens is 387 g/mol. The molecule has 0 heterocycles. The minimum Gasteiger partial charge on any atom is -0.451 e. The number of rotatable bonds is 7. The molecule has 0 fully saturated rings. The molecule has 0 saturated heterocycles. The number of carbonyl (C=O) groups is 2. The smallest absolute Gasteiger partial charge is 0.338 e. The minimum absolute atomic E-state index is 0.169. The summed E-state index contributed by atoms with van der Waals surface area (Å²) in [6.07, 6.45) is -0.906. The monoisotopic (exact) mass is 412 g/mol. The molecule has 2 rings (SSSR count). The highest BCUT2D eigenvalue weighted by Crippen LogP contribution is 2.32. The Labute approximate surface area is 175 Å². The van der Waals surface area contributed by atoms with Gasteiger partial charge in [0.1, 0.15) is 5.60 Å². The van der Waals surface area contributed by atoms with Crippen molar-refractivity contribution < 1.29 is 28.6 Å². The summed E-state index contributed by atoms with van der Waals surface area (Å²) in [5, 5.41) is 10.4. The van der Waals surface area contributed by atoms with Gasteiger partial charge in [-0.1, -0.05) is 43.5 Å². The van der Waals surface area contributed by atoms with E-state index in [1.165, 1.54) is 39.8 Å². The average Bonchev–Trinajstić information content (AvgIpc) is 2.66. The van der Waals surface area contributed by atoms with Crippen LogP contribution in [0, 0.1) is 5.82 Å². The summed E-state index contributed by atoms with van der Waals surface area (Å²) in [5.41, 5.74) is 0.900. The molecule has 0 aromatic heterocycles. The van der Waals surface area contributed by atoms with Gasteiger partial charge in [-0.05, 0) is 56.5 Å². The Bertz CT molecular complexity index is 984. The van der Waals surface area contributed by atoms with E-state index in [4.69, 9.17) is 9.47 Å². The van der Waals surface area contributed by atoms with Gasteiger partial charge in [0.2, 0.25) is 0 Å². The molecule has 0 radical (unpaired) electrons. The van der Waals surface area contributed by atoms with E-state index in [1.807, 2.05) is 0 Å². The maximum Gasteiger partial charge on any atom is 0.338 e. The maximum absolute atomic E-state index is 14.3. The van der Waals surface area contributed by atoms with Crippen molar-refractivity contribution in [3.63, 3.8) is 0 Å². The largest absolute Gasteiger partial charge is 0.451 e. The molecule has 0 aliphatic carbocycles. The van der Waals surface area contributed by atoms with Gasteiger partial charge in [0.15, 0.2) is 17.7 Å². The Morgan fingerprint density at radius 3 is 1.97 bits per heavy atom. The van der Waals surface area contributed by atoms with Crippen molar-refractivity contribution in [2.75, 3.05) is 0 Å². The predicted molar refractivity (Wildman–Crippen MR) is 112 cm³/mol. The zero-order chi connectivity index (χ0) is 22.6. The zero-order valence-electron chi connectivity index (χ0n) is 17.5. The highest BCUT2D eigenvalue weighted by atomic mass is 19.1. The number of benzene rings is 2. The summed E-state index contributed by atoms with van der Waals surface area (Å²) in [5.74, 6) is -2.17. The molecule has 158 valence electrons. The molecule has 0 saturated carbocycles. The van der Waals surface area contributed by atoms with Gasteiger partial charge in [-0.25, -0.2) is 14.0 Å². The lowest BCUT2D eigenvalue weighted by Gasteiger charge is -2.29. The van der Waals surface area contributed by atoms with Crippen LogP contribution in [0.25, 0.3) is 11.1 Å². The summed E-state index contributed by atoms with van der Waals surface area (Å²) in [6.45, 7) is 13.1. The highest BCUT2D eigenvalue weighted by molar-refractivity contribution is 5.89. The molecule has 2 aromatic carbocycles. The van der Waals surface area contributed by atoms with Crippen LogP contribution in [-0.4, -0.2) is 22.6 Å². The molecule has 1 atom stereocenters. The minimum atomic E-state index is -1.33. The standard InChI is InChI=1S/C24H25FO5/c1-14(2)22(26)29-20-12-11-18(13-19(20)25)16-7-9-17(10-8-16)21(24(5,6)28)30-23(27)15(3)4/h7-13,21,28H,1,3H2,2,4-6H3. The second-order valence-corrected chi connectivity index (χ2v) is 7.66. The fourth-order valence-electron chi connectivity index (χ4n) is 2.63. The first kappa shape index (κ1) is 23.0. The molecule has 1 N–H and O–H groups in total. The molecule has 5 nitrogen and oxygen atoms in total. The fourth-order valence-corrected chi connectivity index (χ4v) is 2.63. The van der Waals surface area contributed by atoms with Gasteiger partial charge in [-0.3, -0.25) is 0 Å². The molecule has 0 aliphatic heterocycles. The molecule has 0 spiro atoms. The summed E-state index contributed by atoms with van der Waals surface area (Å²) >= 11 is 0. The van der Waals surface area contributed by atoms with Gasteiger partial charge in [-0.15, -0.1) is 0 Å². The zero-order valence-corrected chi connectivity index (χ0v) is 17.5. The number of aliphatic hydroxyl groups is 1. The van der Waals surface area contributed by atoms with Crippen LogP contribution in [0.15, 0.2) is 66.8 Å². The molecule has 6 heteroatoms. The van der Waals surface area contributed by atoms with E-state index < -0.39 is 29.5 Å². The third kappa shape index (κ3) is 5.64. The van der Waals surface area contributed by atoms with Gasteiger partial charge in [-0.2, -0.15) is 0 Å². The maximum atomic E-state index is 14.3. The van der Waals surface area contributed by atoms with Crippen molar-refractivity contribution in [2.45, 2.75) is 39.4 Å². The molecule has 0 bridgehead atoms. The Kier molecular flexibility index (Phi) is 6.95. The first-order valence-electron chi connectivity index (χ1n) is 9.26. The van der Waals surface area contributed by atoms with E-state index in [1.54, 1.807) is 30.3 Å². The number of hydrogen-bond donors (Lipinski definition) is 1. The van der Waals surface area contributed by atoms with Crippen LogP contribution in [-0.2, 0) is 14.3 Å². The first-order chi connectivity index (χ1) is 13.9. The highest BCUT2D eigenvalue weighted by Gasteiger charge is 2.32. The average molecular weight is 412 g/mol. The lowest BCUT2D eigenvalue weighted by Crippen LogP contribution is -2.32. The van der Waals surface area contributed by atoms with E-state index in [-0.39, 0.29) is 16.9 Å². The number of halogens is 1. The van der Waals surface area contributed by atoms with E-state index in [0.717, 1.165) is 0 Å². The molecule has 0 amide bonds. The van der Waals surface area contributed by atoms with Crippen LogP contribution in [0.5, 0.6) is 5.75 Å². The molecule has 1 unspecified atom stereocenters. The van der Waals surface area contributed by atoms with Crippen molar-refractivity contribution in [2.24, 2.45) is 0 Å². The second-order valence-electron chi connectivity index (χ2n) is 7.66. The number of hydrogen-bond acceptors (Lipinski definition) is 5. The third-order valence-electron chi connectivity index (χ3n) is 4.24. The van der Waals surface area contributed by atoms with Gasteiger partial charge >= 0.3 is 11.9 Å². The molecular formula is C24H25FO5. The van der Waals surface area contributed by atoms with E-state index in [2.05, 4.69) is 13.2 Å². The summed E-state index contributed by atoms with van der Waals surface area (Å²) in [7, 11) is 0. The predicted octanol–water partition coefficient (Wildman–Crippen LogP) is 4.91.